The Morgan fingerprint density at radius 1 is 1.41 bits per heavy atom. The molecule has 0 bridgehead atoms. The van der Waals surface area contributed by atoms with Crippen LogP contribution < -0.4 is 15.4 Å². The Bertz CT molecular complexity index is 603. The molecule has 1 atom stereocenters. The number of halogens is 1. The fourth-order valence-electron chi connectivity index (χ4n) is 2.13. The van der Waals surface area contributed by atoms with E-state index in [9.17, 15) is 0 Å². The van der Waals surface area contributed by atoms with E-state index >= 15 is 0 Å². The number of thiazole rings is 1. The largest absolute Gasteiger partial charge is 0.495 e. The monoisotopic (exact) mass is 339 g/mol. The molecule has 0 aliphatic carbocycles. The molecule has 1 aromatic heterocycles. The lowest BCUT2D eigenvalue weighted by atomic mass is 10.2. The minimum Gasteiger partial charge on any atom is -0.495 e. The molecule has 6 heteroatoms. The third kappa shape index (κ3) is 4.87. The number of hydrogen-bond acceptors (Lipinski definition) is 5. The highest BCUT2D eigenvalue weighted by molar-refractivity contribution is 7.13. The van der Waals surface area contributed by atoms with Crippen molar-refractivity contribution < 1.29 is 4.74 Å². The Hall–Kier alpha value is -1.30. The Morgan fingerprint density at radius 3 is 2.95 bits per heavy atom. The average molecular weight is 340 g/mol. The van der Waals surface area contributed by atoms with Crippen molar-refractivity contribution >= 4 is 33.8 Å². The molecule has 2 N–H and O–H groups in total. The normalized spacial score (nSPS) is 12.2. The predicted octanol–water partition coefficient (Wildman–Crippen LogP) is 4.48. The zero-order valence-electron chi connectivity index (χ0n) is 13.1. The molecule has 0 radical (unpaired) electrons. The summed E-state index contributed by atoms with van der Waals surface area (Å²) in [7, 11) is 1.64. The molecule has 1 unspecified atom stereocenters. The van der Waals surface area contributed by atoms with Gasteiger partial charge in [0.25, 0.3) is 0 Å². The van der Waals surface area contributed by atoms with Gasteiger partial charge in [0, 0.05) is 22.9 Å². The van der Waals surface area contributed by atoms with Crippen LogP contribution >= 0.6 is 22.9 Å². The topological polar surface area (TPSA) is 46.2 Å². The lowest BCUT2D eigenvalue weighted by molar-refractivity contribution is 0.417. The van der Waals surface area contributed by atoms with E-state index in [1.165, 1.54) is 0 Å². The summed E-state index contributed by atoms with van der Waals surface area (Å²) in [5, 5.41) is 10.3. The number of benzene rings is 1. The van der Waals surface area contributed by atoms with E-state index in [1.54, 1.807) is 24.5 Å². The summed E-state index contributed by atoms with van der Waals surface area (Å²) in [4.78, 5) is 4.63. The Labute approximate surface area is 140 Å². The molecule has 2 rings (SSSR count). The van der Waals surface area contributed by atoms with Gasteiger partial charge in [0.2, 0.25) is 0 Å². The van der Waals surface area contributed by atoms with Crippen LogP contribution in [0.4, 0.5) is 10.8 Å². The van der Waals surface area contributed by atoms with E-state index in [0.717, 1.165) is 41.6 Å². The summed E-state index contributed by atoms with van der Waals surface area (Å²) in [5.74, 6) is 0.749. The van der Waals surface area contributed by atoms with Gasteiger partial charge in [-0.25, -0.2) is 4.98 Å². The Morgan fingerprint density at radius 2 is 2.23 bits per heavy atom. The maximum absolute atomic E-state index is 6.04. The number of nitrogens with one attached hydrogen (secondary N) is 2. The Kier molecular flexibility index (Phi) is 6.49. The highest BCUT2D eigenvalue weighted by Gasteiger charge is 2.09. The molecule has 0 saturated heterocycles. The van der Waals surface area contributed by atoms with Crippen LogP contribution in [-0.2, 0) is 6.42 Å². The summed E-state index contributed by atoms with van der Waals surface area (Å²) >= 11 is 7.63. The van der Waals surface area contributed by atoms with Gasteiger partial charge in [-0.2, -0.15) is 0 Å². The molecule has 4 nitrogen and oxygen atoms in total. The second kappa shape index (κ2) is 8.36. The van der Waals surface area contributed by atoms with Gasteiger partial charge in [0.05, 0.1) is 18.5 Å². The third-order valence-electron chi connectivity index (χ3n) is 3.21. The average Bonchev–Trinajstić information content (AvgIpc) is 2.92. The molecule has 0 spiro atoms. The number of nitrogens with zero attached hydrogens (tertiary/aromatic N) is 1. The first-order chi connectivity index (χ1) is 10.6. The molecule has 1 heterocycles. The van der Waals surface area contributed by atoms with Crippen molar-refractivity contribution in [2.24, 2.45) is 0 Å². The number of rotatable bonds is 8. The summed E-state index contributed by atoms with van der Waals surface area (Å²) in [6.45, 7) is 5.39. The number of hydrogen-bond donors (Lipinski definition) is 2. The second-order valence-electron chi connectivity index (χ2n) is 5.17. The lowest BCUT2D eigenvalue weighted by Gasteiger charge is -2.11. The molecule has 0 fully saturated rings. The molecule has 22 heavy (non-hydrogen) atoms. The van der Waals surface area contributed by atoms with Gasteiger partial charge in [0.15, 0.2) is 5.13 Å². The van der Waals surface area contributed by atoms with E-state index in [-0.39, 0.29) is 0 Å². The van der Waals surface area contributed by atoms with Crippen LogP contribution in [0, 0.1) is 0 Å². The maximum atomic E-state index is 6.04. The van der Waals surface area contributed by atoms with Crippen LogP contribution in [0.15, 0.2) is 23.6 Å². The highest BCUT2D eigenvalue weighted by Crippen LogP contribution is 2.31. The number of anilines is 2. The molecular weight excluding hydrogens is 318 g/mol. The quantitative estimate of drug-likeness (QED) is 0.744. The van der Waals surface area contributed by atoms with Gasteiger partial charge >= 0.3 is 0 Å². The van der Waals surface area contributed by atoms with Crippen LogP contribution in [0.3, 0.4) is 0 Å². The van der Waals surface area contributed by atoms with E-state index in [4.69, 9.17) is 16.3 Å². The fourth-order valence-corrected chi connectivity index (χ4v) is 3.04. The summed E-state index contributed by atoms with van der Waals surface area (Å²) in [6.07, 6.45) is 2.06. The summed E-state index contributed by atoms with van der Waals surface area (Å²) < 4.78 is 5.33. The van der Waals surface area contributed by atoms with Crippen LogP contribution in [-0.4, -0.2) is 24.7 Å². The van der Waals surface area contributed by atoms with Crippen molar-refractivity contribution in [3.8, 4) is 5.75 Å². The summed E-state index contributed by atoms with van der Waals surface area (Å²) in [6, 6.07) is 5.92. The first-order valence-electron chi connectivity index (χ1n) is 7.40. The molecule has 0 aliphatic rings. The van der Waals surface area contributed by atoms with E-state index < -0.39 is 0 Å². The van der Waals surface area contributed by atoms with Gasteiger partial charge in [-0.1, -0.05) is 18.5 Å². The molecule has 1 aromatic carbocycles. The van der Waals surface area contributed by atoms with Gasteiger partial charge in [-0.05, 0) is 38.1 Å². The van der Waals surface area contributed by atoms with Crippen molar-refractivity contribution in [2.45, 2.75) is 32.7 Å². The number of ether oxygens (including phenoxy) is 1. The molecule has 120 valence electrons. The van der Waals surface area contributed by atoms with Crippen molar-refractivity contribution in [3.05, 3.63) is 34.3 Å². The predicted molar refractivity (Wildman–Crippen MR) is 94.9 cm³/mol. The highest BCUT2D eigenvalue weighted by atomic mass is 35.5. The maximum Gasteiger partial charge on any atom is 0.187 e. The van der Waals surface area contributed by atoms with E-state index in [2.05, 4.69) is 34.8 Å². The van der Waals surface area contributed by atoms with Crippen molar-refractivity contribution in [2.75, 3.05) is 19.0 Å². The molecule has 2 aromatic rings. The zero-order chi connectivity index (χ0) is 15.9. The SMILES string of the molecule is CCCNC(C)Cc1csc(Nc2cc(Cl)ccc2OC)n1. The van der Waals surface area contributed by atoms with Gasteiger partial charge in [0.1, 0.15) is 5.75 Å². The first kappa shape index (κ1) is 17.1. The van der Waals surface area contributed by atoms with Gasteiger partial charge < -0.3 is 15.4 Å². The van der Waals surface area contributed by atoms with E-state index in [0.29, 0.717) is 11.1 Å². The van der Waals surface area contributed by atoms with Crippen LogP contribution in [0.2, 0.25) is 5.02 Å². The molecule has 0 amide bonds. The second-order valence-corrected chi connectivity index (χ2v) is 6.47. The van der Waals surface area contributed by atoms with Crippen LogP contribution in [0.1, 0.15) is 26.0 Å². The van der Waals surface area contributed by atoms with Gasteiger partial charge in [-0.3, -0.25) is 0 Å². The zero-order valence-corrected chi connectivity index (χ0v) is 14.7. The minimum atomic E-state index is 0.426. The minimum absolute atomic E-state index is 0.426. The smallest absolute Gasteiger partial charge is 0.187 e. The molecule has 0 aliphatic heterocycles. The lowest BCUT2D eigenvalue weighted by Crippen LogP contribution is -2.28. The van der Waals surface area contributed by atoms with Crippen molar-refractivity contribution in [3.63, 3.8) is 0 Å². The van der Waals surface area contributed by atoms with Crippen LogP contribution in [0.25, 0.3) is 0 Å². The Balaban J connectivity index is 2.01. The molecular formula is C16H22ClN3OS. The van der Waals surface area contributed by atoms with Crippen LogP contribution in [0.5, 0.6) is 5.75 Å². The standard InChI is InChI=1S/C16H22ClN3OS/c1-4-7-18-11(2)8-13-10-22-16(19-13)20-14-9-12(17)5-6-15(14)21-3/h5-6,9-11,18H,4,7-8H2,1-3H3,(H,19,20). The summed E-state index contributed by atoms with van der Waals surface area (Å²) in [5.41, 5.74) is 1.91. The third-order valence-corrected chi connectivity index (χ3v) is 4.25. The van der Waals surface area contributed by atoms with E-state index in [1.807, 2.05) is 12.1 Å². The molecule has 0 saturated carbocycles. The van der Waals surface area contributed by atoms with Crippen molar-refractivity contribution in [1.82, 2.24) is 10.3 Å². The number of methoxy groups -OCH3 is 1. The number of aromatic nitrogens is 1. The fraction of sp³-hybridized carbons (Fsp3) is 0.438. The van der Waals surface area contributed by atoms with Crippen molar-refractivity contribution in [1.29, 1.82) is 0 Å². The first-order valence-corrected chi connectivity index (χ1v) is 8.66. The van der Waals surface area contributed by atoms with Gasteiger partial charge in [-0.15, -0.1) is 11.3 Å².